The van der Waals surface area contributed by atoms with E-state index in [4.69, 9.17) is 12.2 Å². The number of nitrogens with one attached hydrogen (secondary N) is 2. The quantitative estimate of drug-likeness (QED) is 0.776. The smallest absolute Gasteiger partial charge is 0.387 e. The Labute approximate surface area is 145 Å². The lowest BCUT2D eigenvalue weighted by Crippen LogP contribution is -2.28. The first kappa shape index (κ1) is 18.1. The average molecular weight is 354 g/mol. The Morgan fingerprint density at radius 3 is 2.75 bits per heavy atom. The van der Waals surface area contributed by atoms with Gasteiger partial charge < -0.3 is 15.4 Å². The van der Waals surface area contributed by atoms with Gasteiger partial charge in [-0.05, 0) is 50.7 Å². The highest BCUT2D eigenvalue weighted by Crippen LogP contribution is 2.27. The lowest BCUT2D eigenvalue weighted by Gasteiger charge is -2.15. The molecule has 130 valence electrons. The summed E-state index contributed by atoms with van der Waals surface area (Å²) in [4.78, 5) is 0. The number of rotatable bonds is 6. The SMILES string of the molecule is CCn1ncc(CNC(=S)Nc2cc(C)ccc2OC(F)F)c1C. The van der Waals surface area contributed by atoms with Crippen molar-refractivity contribution in [2.45, 2.75) is 40.5 Å². The third-order valence-corrected chi connectivity index (χ3v) is 3.79. The first-order chi connectivity index (χ1) is 11.4. The summed E-state index contributed by atoms with van der Waals surface area (Å²) in [7, 11) is 0. The van der Waals surface area contributed by atoms with Gasteiger partial charge in [0.15, 0.2) is 5.11 Å². The number of hydrogen-bond acceptors (Lipinski definition) is 3. The van der Waals surface area contributed by atoms with E-state index in [1.807, 2.05) is 25.5 Å². The summed E-state index contributed by atoms with van der Waals surface area (Å²) in [6.45, 7) is 4.26. The maximum Gasteiger partial charge on any atom is 0.387 e. The predicted octanol–water partition coefficient (Wildman–Crippen LogP) is 3.61. The summed E-state index contributed by atoms with van der Waals surface area (Å²) >= 11 is 5.24. The lowest BCUT2D eigenvalue weighted by atomic mass is 10.2. The Balaban J connectivity index is 2.01. The number of alkyl halides is 2. The van der Waals surface area contributed by atoms with Gasteiger partial charge in [0.2, 0.25) is 0 Å². The Hall–Kier alpha value is -2.22. The molecule has 0 saturated heterocycles. The van der Waals surface area contributed by atoms with Crippen LogP contribution in [-0.4, -0.2) is 21.5 Å². The van der Waals surface area contributed by atoms with Gasteiger partial charge in [0.25, 0.3) is 0 Å². The van der Waals surface area contributed by atoms with Gasteiger partial charge in [0.05, 0.1) is 11.9 Å². The molecule has 0 aliphatic rings. The van der Waals surface area contributed by atoms with Gasteiger partial charge in [-0.2, -0.15) is 13.9 Å². The monoisotopic (exact) mass is 354 g/mol. The van der Waals surface area contributed by atoms with Crippen LogP contribution in [0.3, 0.4) is 0 Å². The fraction of sp³-hybridized carbons (Fsp3) is 0.375. The van der Waals surface area contributed by atoms with Crippen molar-refractivity contribution in [2.75, 3.05) is 5.32 Å². The molecule has 1 aromatic carbocycles. The number of benzene rings is 1. The standard InChI is InChI=1S/C16H20F2N4OS/c1-4-22-11(3)12(9-20-22)8-19-16(24)21-13-7-10(2)5-6-14(13)23-15(17)18/h5-7,9,15H,4,8H2,1-3H3,(H2,19,21,24). The first-order valence-electron chi connectivity index (χ1n) is 7.52. The van der Waals surface area contributed by atoms with Crippen molar-refractivity contribution in [2.24, 2.45) is 0 Å². The van der Waals surface area contributed by atoms with Crippen molar-refractivity contribution in [3.8, 4) is 5.75 Å². The zero-order valence-electron chi connectivity index (χ0n) is 13.8. The Kier molecular flexibility index (Phi) is 6.08. The highest BCUT2D eigenvalue weighted by Gasteiger charge is 2.11. The van der Waals surface area contributed by atoms with E-state index in [1.54, 1.807) is 18.3 Å². The van der Waals surface area contributed by atoms with Gasteiger partial charge in [0.1, 0.15) is 5.75 Å². The van der Waals surface area contributed by atoms with Crippen molar-refractivity contribution in [1.82, 2.24) is 15.1 Å². The number of anilines is 1. The summed E-state index contributed by atoms with van der Waals surface area (Å²) in [6, 6.07) is 4.88. The molecule has 0 aliphatic carbocycles. The van der Waals surface area contributed by atoms with Gasteiger partial charge >= 0.3 is 6.61 Å². The average Bonchev–Trinajstić information content (AvgIpc) is 2.88. The minimum atomic E-state index is -2.89. The lowest BCUT2D eigenvalue weighted by molar-refractivity contribution is -0.0493. The molecule has 8 heteroatoms. The zero-order valence-corrected chi connectivity index (χ0v) is 14.6. The van der Waals surface area contributed by atoms with Crippen molar-refractivity contribution < 1.29 is 13.5 Å². The molecule has 1 heterocycles. The molecule has 0 fully saturated rings. The summed E-state index contributed by atoms with van der Waals surface area (Å²) in [5.74, 6) is 0.0507. The molecule has 0 saturated carbocycles. The molecule has 0 unspecified atom stereocenters. The number of aryl methyl sites for hydroxylation is 2. The van der Waals surface area contributed by atoms with Crippen LogP contribution in [0.2, 0.25) is 0 Å². The number of aromatic nitrogens is 2. The highest BCUT2D eigenvalue weighted by molar-refractivity contribution is 7.80. The second-order valence-corrected chi connectivity index (χ2v) is 5.67. The number of ether oxygens (including phenoxy) is 1. The molecule has 0 amide bonds. The summed E-state index contributed by atoms with van der Waals surface area (Å²) < 4.78 is 31.4. The van der Waals surface area contributed by atoms with E-state index < -0.39 is 6.61 Å². The molecule has 0 radical (unpaired) electrons. The largest absolute Gasteiger partial charge is 0.433 e. The van der Waals surface area contributed by atoms with Crippen LogP contribution in [0.15, 0.2) is 24.4 Å². The van der Waals surface area contributed by atoms with E-state index in [0.717, 1.165) is 23.4 Å². The van der Waals surface area contributed by atoms with Crippen LogP contribution in [0.5, 0.6) is 5.75 Å². The molecular formula is C16H20F2N4OS. The van der Waals surface area contributed by atoms with E-state index in [1.165, 1.54) is 6.07 Å². The maximum absolute atomic E-state index is 12.5. The summed E-state index contributed by atoms with van der Waals surface area (Å²) in [5, 5.41) is 10.5. The fourth-order valence-electron chi connectivity index (χ4n) is 2.26. The van der Waals surface area contributed by atoms with Crippen LogP contribution in [-0.2, 0) is 13.1 Å². The molecule has 1 aromatic heterocycles. The molecule has 0 atom stereocenters. The number of halogens is 2. The van der Waals surface area contributed by atoms with Gasteiger partial charge in [-0.1, -0.05) is 6.07 Å². The number of nitrogens with zero attached hydrogens (tertiary/aromatic N) is 2. The minimum Gasteiger partial charge on any atom is -0.433 e. The van der Waals surface area contributed by atoms with Gasteiger partial charge in [-0.25, -0.2) is 0 Å². The van der Waals surface area contributed by atoms with Gasteiger partial charge in [-0.15, -0.1) is 0 Å². The molecular weight excluding hydrogens is 334 g/mol. The highest BCUT2D eigenvalue weighted by atomic mass is 32.1. The third-order valence-electron chi connectivity index (χ3n) is 3.54. The van der Waals surface area contributed by atoms with Crippen molar-refractivity contribution in [3.63, 3.8) is 0 Å². The molecule has 2 aromatic rings. The minimum absolute atomic E-state index is 0.0507. The molecule has 0 spiro atoms. The third kappa shape index (κ3) is 4.64. The molecule has 2 rings (SSSR count). The maximum atomic E-state index is 12.5. The zero-order chi connectivity index (χ0) is 17.7. The van der Waals surface area contributed by atoms with E-state index >= 15 is 0 Å². The van der Waals surface area contributed by atoms with Crippen LogP contribution in [0.4, 0.5) is 14.5 Å². The van der Waals surface area contributed by atoms with Crippen LogP contribution in [0.25, 0.3) is 0 Å². The van der Waals surface area contributed by atoms with E-state index in [-0.39, 0.29) is 5.75 Å². The van der Waals surface area contributed by atoms with E-state index in [2.05, 4.69) is 20.5 Å². The fourth-order valence-corrected chi connectivity index (χ4v) is 2.44. The molecule has 2 N–H and O–H groups in total. The molecule has 24 heavy (non-hydrogen) atoms. The van der Waals surface area contributed by atoms with Crippen molar-refractivity contribution in [3.05, 3.63) is 41.2 Å². The predicted molar refractivity (Wildman–Crippen MR) is 93.5 cm³/mol. The Bertz CT molecular complexity index is 718. The topological polar surface area (TPSA) is 51.1 Å². The molecule has 0 bridgehead atoms. The number of thiocarbonyl (C=S) groups is 1. The normalized spacial score (nSPS) is 10.8. The van der Waals surface area contributed by atoms with Crippen LogP contribution in [0.1, 0.15) is 23.7 Å². The molecule has 0 aliphatic heterocycles. The van der Waals surface area contributed by atoms with Crippen LogP contribution < -0.4 is 15.4 Å². The van der Waals surface area contributed by atoms with E-state index in [9.17, 15) is 8.78 Å². The first-order valence-corrected chi connectivity index (χ1v) is 7.93. The molecule has 5 nitrogen and oxygen atoms in total. The number of hydrogen-bond donors (Lipinski definition) is 2. The Morgan fingerprint density at radius 1 is 1.38 bits per heavy atom. The summed E-state index contributed by atoms with van der Waals surface area (Å²) in [6.07, 6.45) is 1.78. The van der Waals surface area contributed by atoms with Crippen LogP contribution >= 0.6 is 12.2 Å². The van der Waals surface area contributed by atoms with Gasteiger partial charge in [0, 0.05) is 24.3 Å². The summed E-state index contributed by atoms with van der Waals surface area (Å²) in [5.41, 5.74) is 3.38. The van der Waals surface area contributed by atoms with E-state index in [0.29, 0.717) is 17.3 Å². The second kappa shape index (κ2) is 8.05. The Morgan fingerprint density at radius 2 is 2.12 bits per heavy atom. The second-order valence-electron chi connectivity index (χ2n) is 5.26. The van der Waals surface area contributed by atoms with Crippen LogP contribution in [0, 0.1) is 13.8 Å². The van der Waals surface area contributed by atoms with Gasteiger partial charge in [-0.3, -0.25) is 4.68 Å². The van der Waals surface area contributed by atoms with Crippen molar-refractivity contribution >= 4 is 23.0 Å². The van der Waals surface area contributed by atoms with Crippen molar-refractivity contribution in [1.29, 1.82) is 0 Å².